The van der Waals surface area contributed by atoms with Crippen molar-refractivity contribution in [2.75, 3.05) is 13.2 Å². The van der Waals surface area contributed by atoms with Gasteiger partial charge in [-0.3, -0.25) is 4.79 Å². The van der Waals surface area contributed by atoms with Gasteiger partial charge in [0.05, 0.1) is 12.7 Å². The SMILES string of the molecule is CCOC(C(=O)CC1OCCc2ccccc21)C1CC1. The van der Waals surface area contributed by atoms with E-state index in [2.05, 4.69) is 18.2 Å². The minimum atomic E-state index is -0.210. The van der Waals surface area contributed by atoms with Crippen molar-refractivity contribution in [1.29, 1.82) is 0 Å². The summed E-state index contributed by atoms with van der Waals surface area (Å²) in [4.78, 5) is 12.5. The Morgan fingerprint density at radius 1 is 1.40 bits per heavy atom. The van der Waals surface area contributed by atoms with Crippen LogP contribution in [0.4, 0.5) is 0 Å². The summed E-state index contributed by atoms with van der Waals surface area (Å²) < 4.78 is 11.5. The third-order valence-corrected chi connectivity index (χ3v) is 4.19. The molecule has 1 aromatic carbocycles. The van der Waals surface area contributed by atoms with Crippen molar-refractivity contribution in [2.24, 2.45) is 5.92 Å². The van der Waals surface area contributed by atoms with Crippen LogP contribution in [-0.4, -0.2) is 25.1 Å². The van der Waals surface area contributed by atoms with Crippen molar-refractivity contribution in [2.45, 2.75) is 44.8 Å². The average Bonchev–Trinajstić information content (AvgIpc) is 3.29. The van der Waals surface area contributed by atoms with Gasteiger partial charge in [0.15, 0.2) is 5.78 Å². The maximum Gasteiger partial charge on any atom is 0.164 e. The lowest BCUT2D eigenvalue weighted by Gasteiger charge is -2.27. The molecule has 2 aliphatic rings. The van der Waals surface area contributed by atoms with Crippen LogP contribution in [-0.2, 0) is 20.7 Å². The van der Waals surface area contributed by atoms with E-state index in [0.29, 0.717) is 25.6 Å². The summed E-state index contributed by atoms with van der Waals surface area (Å²) >= 11 is 0. The molecular formula is C17H22O3. The maximum atomic E-state index is 12.5. The summed E-state index contributed by atoms with van der Waals surface area (Å²) in [7, 11) is 0. The Morgan fingerprint density at radius 3 is 2.95 bits per heavy atom. The molecule has 3 rings (SSSR count). The zero-order valence-electron chi connectivity index (χ0n) is 12.0. The number of carbonyl (C=O) groups excluding carboxylic acids is 1. The van der Waals surface area contributed by atoms with E-state index >= 15 is 0 Å². The van der Waals surface area contributed by atoms with E-state index in [1.165, 1.54) is 11.1 Å². The number of ketones is 1. The average molecular weight is 274 g/mol. The second-order valence-electron chi connectivity index (χ2n) is 5.69. The summed E-state index contributed by atoms with van der Waals surface area (Å²) in [6.45, 7) is 3.27. The molecular weight excluding hydrogens is 252 g/mol. The molecule has 0 saturated heterocycles. The number of ether oxygens (including phenoxy) is 2. The van der Waals surface area contributed by atoms with Gasteiger partial charge in [0.2, 0.25) is 0 Å². The molecule has 0 aromatic heterocycles. The van der Waals surface area contributed by atoms with Gasteiger partial charge in [-0.2, -0.15) is 0 Å². The molecule has 1 fully saturated rings. The summed E-state index contributed by atoms with van der Waals surface area (Å²) in [5, 5.41) is 0. The molecule has 0 amide bonds. The molecule has 1 aliphatic carbocycles. The number of carbonyl (C=O) groups is 1. The summed E-state index contributed by atoms with van der Waals surface area (Å²) in [6, 6.07) is 8.29. The number of rotatable bonds is 6. The summed E-state index contributed by atoms with van der Waals surface area (Å²) in [5.41, 5.74) is 2.49. The zero-order chi connectivity index (χ0) is 13.9. The van der Waals surface area contributed by atoms with Gasteiger partial charge in [-0.25, -0.2) is 0 Å². The first kappa shape index (κ1) is 13.8. The van der Waals surface area contributed by atoms with E-state index in [0.717, 1.165) is 19.3 Å². The summed E-state index contributed by atoms with van der Waals surface area (Å²) in [5.74, 6) is 0.650. The Kier molecular flexibility index (Phi) is 4.18. The topological polar surface area (TPSA) is 35.5 Å². The number of hydrogen-bond donors (Lipinski definition) is 0. The van der Waals surface area contributed by atoms with E-state index in [-0.39, 0.29) is 18.0 Å². The maximum absolute atomic E-state index is 12.5. The fourth-order valence-electron chi connectivity index (χ4n) is 3.02. The van der Waals surface area contributed by atoms with Gasteiger partial charge in [-0.1, -0.05) is 24.3 Å². The largest absolute Gasteiger partial charge is 0.373 e. The number of Topliss-reactive ketones (excluding diaryl/α,β-unsaturated/α-hetero) is 1. The molecule has 0 radical (unpaired) electrons. The van der Waals surface area contributed by atoms with Crippen LogP contribution in [0.25, 0.3) is 0 Å². The van der Waals surface area contributed by atoms with Crippen LogP contribution in [0, 0.1) is 5.92 Å². The lowest BCUT2D eigenvalue weighted by Crippen LogP contribution is -2.29. The molecule has 108 valence electrons. The molecule has 2 atom stereocenters. The van der Waals surface area contributed by atoms with E-state index in [1.807, 2.05) is 13.0 Å². The predicted molar refractivity (Wildman–Crippen MR) is 76.6 cm³/mol. The minimum Gasteiger partial charge on any atom is -0.373 e. The van der Waals surface area contributed by atoms with Crippen molar-refractivity contribution in [3.8, 4) is 0 Å². The highest BCUT2D eigenvalue weighted by molar-refractivity contribution is 5.84. The van der Waals surface area contributed by atoms with Crippen LogP contribution in [0.2, 0.25) is 0 Å². The van der Waals surface area contributed by atoms with Crippen molar-refractivity contribution >= 4 is 5.78 Å². The van der Waals surface area contributed by atoms with Gasteiger partial charge in [-0.15, -0.1) is 0 Å². The zero-order valence-corrected chi connectivity index (χ0v) is 12.0. The van der Waals surface area contributed by atoms with Crippen LogP contribution in [0.15, 0.2) is 24.3 Å². The molecule has 1 aliphatic heterocycles. The minimum absolute atomic E-state index is 0.0887. The molecule has 2 unspecified atom stereocenters. The van der Waals surface area contributed by atoms with Crippen LogP contribution in [0.1, 0.15) is 43.4 Å². The van der Waals surface area contributed by atoms with Crippen LogP contribution < -0.4 is 0 Å². The normalized spacial score (nSPS) is 23.1. The van der Waals surface area contributed by atoms with Crippen molar-refractivity contribution in [1.82, 2.24) is 0 Å². The van der Waals surface area contributed by atoms with Gasteiger partial charge in [0, 0.05) is 13.0 Å². The molecule has 20 heavy (non-hydrogen) atoms. The molecule has 0 N–H and O–H groups in total. The Bertz CT molecular complexity index is 479. The lowest BCUT2D eigenvalue weighted by atomic mass is 9.93. The van der Waals surface area contributed by atoms with Crippen LogP contribution >= 0.6 is 0 Å². The van der Waals surface area contributed by atoms with Crippen molar-refractivity contribution in [3.05, 3.63) is 35.4 Å². The number of benzene rings is 1. The molecule has 3 heteroatoms. The predicted octanol–water partition coefficient (Wildman–Crippen LogP) is 3.07. The fraction of sp³-hybridized carbons (Fsp3) is 0.588. The van der Waals surface area contributed by atoms with Gasteiger partial charge in [-0.05, 0) is 43.2 Å². The number of hydrogen-bond acceptors (Lipinski definition) is 3. The monoisotopic (exact) mass is 274 g/mol. The second-order valence-corrected chi connectivity index (χ2v) is 5.69. The molecule has 0 spiro atoms. The van der Waals surface area contributed by atoms with E-state index in [1.54, 1.807) is 0 Å². The molecule has 1 aromatic rings. The third kappa shape index (κ3) is 2.94. The first-order valence-electron chi connectivity index (χ1n) is 7.63. The highest BCUT2D eigenvalue weighted by Crippen LogP contribution is 2.37. The second kappa shape index (κ2) is 6.06. The number of fused-ring (bicyclic) bond motifs is 1. The first-order chi connectivity index (χ1) is 9.79. The smallest absolute Gasteiger partial charge is 0.164 e. The van der Waals surface area contributed by atoms with Crippen molar-refractivity contribution in [3.63, 3.8) is 0 Å². The van der Waals surface area contributed by atoms with Crippen LogP contribution in [0.5, 0.6) is 0 Å². The first-order valence-corrected chi connectivity index (χ1v) is 7.63. The van der Waals surface area contributed by atoms with Gasteiger partial charge >= 0.3 is 0 Å². The van der Waals surface area contributed by atoms with Gasteiger partial charge < -0.3 is 9.47 Å². The fourth-order valence-corrected chi connectivity index (χ4v) is 3.02. The third-order valence-electron chi connectivity index (χ3n) is 4.19. The quantitative estimate of drug-likeness (QED) is 0.799. The van der Waals surface area contributed by atoms with Crippen LogP contribution in [0.3, 0.4) is 0 Å². The highest BCUT2D eigenvalue weighted by atomic mass is 16.5. The Balaban J connectivity index is 1.70. The van der Waals surface area contributed by atoms with E-state index in [4.69, 9.17) is 9.47 Å². The van der Waals surface area contributed by atoms with Crippen molar-refractivity contribution < 1.29 is 14.3 Å². The Labute approximate surface area is 120 Å². The molecule has 1 saturated carbocycles. The molecule has 0 bridgehead atoms. The van der Waals surface area contributed by atoms with Gasteiger partial charge in [0.25, 0.3) is 0 Å². The Morgan fingerprint density at radius 2 is 2.20 bits per heavy atom. The standard InChI is InChI=1S/C17H22O3/c1-2-19-17(13-7-8-13)15(18)11-16-14-6-4-3-5-12(14)9-10-20-16/h3-6,13,16-17H,2,7-11H2,1H3. The highest BCUT2D eigenvalue weighted by Gasteiger charge is 2.38. The van der Waals surface area contributed by atoms with E-state index < -0.39 is 0 Å². The van der Waals surface area contributed by atoms with Gasteiger partial charge in [0.1, 0.15) is 6.10 Å². The lowest BCUT2D eigenvalue weighted by molar-refractivity contribution is -0.135. The molecule has 1 heterocycles. The molecule has 3 nitrogen and oxygen atoms in total. The van der Waals surface area contributed by atoms with E-state index in [9.17, 15) is 4.79 Å². The Hall–Kier alpha value is -1.19. The summed E-state index contributed by atoms with van der Waals surface area (Å²) in [6.07, 6.45) is 3.33.